The zero-order chi connectivity index (χ0) is 12.9. The van der Waals surface area contributed by atoms with Crippen molar-refractivity contribution >= 4 is 5.69 Å². The van der Waals surface area contributed by atoms with E-state index < -0.39 is 12.7 Å². The lowest BCUT2D eigenvalue weighted by atomic mass is 10.1. The number of alkyl halides is 3. The van der Waals surface area contributed by atoms with E-state index in [0.29, 0.717) is 18.8 Å². The molecule has 5 heteroatoms. The lowest BCUT2D eigenvalue weighted by molar-refractivity contribution is -0.119. The maximum absolute atomic E-state index is 12.3. The molecule has 0 aliphatic heterocycles. The van der Waals surface area contributed by atoms with Gasteiger partial charge in [-0.15, -0.1) is 0 Å². The molecule has 0 aliphatic rings. The number of hydrogen-bond donors (Lipinski definition) is 1. The predicted molar refractivity (Wildman–Crippen MR) is 63.1 cm³/mol. The largest absolute Gasteiger partial charge is 0.405 e. The van der Waals surface area contributed by atoms with Crippen molar-refractivity contribution in [1.82, 2.24) is 0 Å². The summed E-state index contributed by atoms with van der Waals surface area (Å²) in [6.45, 7) is 1.66. The van der Waals surface area contributed by atoms with E-state index in [0.717, 1.165) is 12.0 Å². The molecule has 0 atom stereocenters. The van der Waals surface area contributed by atoms with Crippen molar-refractivity contribution in [2.75, 3.05) is 24.5 Å². The number of rotatable bonds is 5. The Morgan fingerprint density at radius 2 is 1.76 bits per heavy atom. The highest BCUT2D eigenvalue weighted by molar-refractivity contribution is 5.47. The molecule has 0 saturated heterocycles. The molecule has 2 nitrogen and oxygen atoms in total. The fourth-order valence-corrected chi connectivity index (χ4v) is 1.64. The number of hydrogen-bond acceptors (Lipinski definition) is 2. The van der Waals surface area contributed by atoms with E-state index in [4.69, 9.17) is 5.73 Å². The van der Waals surface area contributed by atoms with E-state index in [1.165, 1.54) is 4.90 Å². The first kappa shape index (κ1) is 13.8. The number of halogens is 3. The van der Waals surface area contributed by atoms with Gasteiger partial charge in [-0.05, 0) is 37.6 Å². The number of anilines is 1. The fraction of sp³-hybridized carbons (Fsp3) is 0.500. The van der Waals surface area contributed by atoms with Gasteiger partial charge >= 0.3 is 6.18 Å². The first-order chi connectivity index (χ1) is 7.96. The second-order valence-electron chi connectivity index (χ2n) is 3.83. The molecular formula is C12H17F3N2. The van der Waals surface area contributed by atoms with Crippen LogP contribution in [0, 0.1) is 0 Å². The maximum atomic E-state index is 12.3. The molecule has 0 spiro atoms. The highest BCUT2D eigenvalue weighted by Gasteiger charge is 2.30. The van der Waals surface area contributed by atoms with Gasteiger partial charge in [0.25, 0.3) is 0 Å². The molecular weight excluding hydrogens is 229 g/mol. The van der Waals surface area contributed by atoms with E-state index in [1.807, 2.05) is 12.1 Å². The van der Waals surface area contributed by atoms with E-state index in [1.54, 1.807) is 19.1 Å². The summed E-state index contributed by atoms with van der Waals surface area (Å²) in [5.41, 5.74) is 7.04. The molecule has 1 aromatic carbocycles. The Bertz CT molecular complexity index is 333. The van der Waals surface area contributed by atoms with Gasteiger partial charge in [0.05, 0.1) is 0 Å². The van der Waals surface area contributed by atoms with Gasteiger partial charge in [-0.2, -0.15) is 13.2 Å². The minimum absolute atomic E-state index is 0.329. The molecule has 2 N–H and O–H groups in total. The Morgan fingerprint density at radius 1 is 1.18 bits per heavy atom. The minimum Gasteiger partial charge on any atom is -0.363 e. The van der Waals surface area contributed by atoms with Gasteiger partial charge in [-0.1, -0.05) is 12.1 Å². The van der Waals surface area contributed by atoms with Crippen LogP contribution in [-0.4, -0.2) is 25.8 Å². The minimum atomic E-state index is -4.17. The summed E-state index contributed by atoms with van der Waals surface area (Å²) in [5, 5.41) is 0. The summed E-state index contributed by atoms with van der Waals surface area (Å²) in [4.78, 5) is 1.30. The first-order valence-electron chi connectivity index (χ1n) is 5.57. The van der Waals surface area contributed by atoms with E-state index in [9.17, 15) is 13.2 Å². The Morgan fingerprint density at radius 3 is 2.18 bits per heavy atom. The molecule has 1 rings (SSSR count). The smallest absolute Gasteiger partial charge is 0.363 e. The summed E-state index contributed by atoms with van der Waals surface area (Å²) in [7, 11) is 0. The van der Waals surface area contributed by atoms with Gasteiger partial charge in [0.15, 0.2) is 0 Å². The van der Waals surface area contributed by atoms with E-state index >= 15 is 0 Å². The van der Waals surface area contributed by atoms with Crippen LogP contribution in [0.2, 0.25) is 0 Å². The average molecular weight is 246 g/mol. The lowest BCUT2D eigenvalue weighted by Gasteiger charge is -2.24. The summed E-state index contributed by atoms with van der Waals surface area (Å²) in [5.74, 6) is 0. The SMILES string of the molecule is CCN(CC(F)(F)F)c1ccc(CCN)cc1. The van der Waals surface area contributed by atoms with Crippen molar-refractivity contribution in [3.8, 4) is 0 Å². The monoisotopic (exact) mass is 246 g/mol. The van der Waals surface area contributed by atoms with Crippen molar-refractivity contribution < 1.29 is 13.2 Å². The summed E-state index contributed by atoms with van der Waals surface area (Å²) < 4.78 is 37.0. The maximum Gasteiger partial charge on any atom is 0.405 e. The van der Waals surface area contributed by atoms with Crippen molar-refractivity contribution in [2.24, 2.45) is 5.73 Å². The fourth-order valence-electron chi connectivity index (χ4n) is 1.64. The Labute approximate surface area is 99.2 Å². The van der Waals surface area contributed by atoms with Gasteiger partial charge < -0.3 is 10.6 Å². The normalized spacial score (nSPS) is 11.6. The zero-order valence-electron chi connectivity index (χ0n) is 9.80. The topological polar surface area (TPSA) is 29.3 Å². The molecule has 0 unspecified atom stereocenters. The van der Waals surface area contributed by atoms with Gasteiger partial charge in [-0.3, -0.25) is 0 Å². The van der Waals surface area contributed by atoms with Crippen molar-refractivity contribution in [3.63, 3.8) is 0 Å². The molecule has 0 saturated carbocycles. The standard InChI is InChI=1S/C12H17F3N2/c1-2-17(9-12(13,14)15)11-5-3-10(4-6-11)7-8-16/h3-6H,2,7-9,16H2,1H3. The summed E-state index contributed by atoms with van der Waals surface area (Å²) in [6.07, 6.45) is -3.43. The molecule has 0 amide bonds. The molecule has 0 fully saturated rings. The van der Waals surface area contributed by atoms with Gasteiger partial charge in [0, 0.05) is 12.2 Å². The quantitative estimate of drug-likeness (QED) is 0.865. The van der Waals surface area contributed by atoms with Crippen LogP contribution in [0.4, 0.5) is 18.9 Å². The van der Waals surface area contributed by atoms with E-state index in [-0.39, 0.29) is 0 Å². The van der Waals surface area contributed by atoms with Crippen LogP contribution >= 0.6 is 0 Å². The third-order valence-corrected chi connectivity index (χ3v) is 2.49. The predicted octanol–water partition coefficient (Wildman–Crippen LogP) is 2.58. The van der Waals surface area contributed by atoms with Gasteiger partial charge in [-0.25, -0.2) is 0 Å². The van der Waals surface area contributed by atoms with Crippen LogP contribution in [0.15, 0.2) is 24.3 Å². The Hall–Kier alpha value is -1.23. The molecule has 0 radical (unpaired) electrons. The summed E-state index contributed by atoms with van der Waals surface area (Å²) >= 11 is 0. The van der Waals surface area contributed by atoms with Crippen LogP contribution in [-0.2, 0) is 6.42 Å². The molecule has 0 aliphatic carbocycles. The van der Waals surface area contributed by atoms with Gasteiger partial charge in [0.1, 0.15) is 6.54 Å². The highest BCUT2D eigenvalue weighted by atomic mass is 19.4. The second kappa shape index (κ2) is 5.91. The van der Waals surface area contributed by atoms with E-state index in [2.05, 4.69) is 0 Å². The first-order valence-corrected chi connectivity index (χ1v) is 5.57. The van der Waals surface area contributed by atoms with Crippen LogP contribution in [0.1, 0.15) is 12.5 Å². The molecule has 17 heavy (non-hydrogen) atoms. The van der Waals surface area contributed by atoms with Crippen LogP contribution < -0.4 is 10.6 Å². The molecule has 0 heterocycles. The molecule has 96 valence electrons. The second-order valence-corrected chi connectivity index (χ2v) is 3.83. The lowest BCUT2D eigenvalue weighted by Crippen LogP contribution is -2.34. The Balaban J connectivity index is 2.75. The molecule has 1 aromatic rings. The highest BCUT2D eigenvalue weighted by Crippen LogP contribution is 2.22. The Kier molecular flexibility index (Phi) is 4.81. The number of nitrogens with zero attached hydrogens (tertiary/aromatic N) is 1. The molecule has 0 bridgehead atoms. The average Bonchev–Trinajstić information content (AvgIpc) is 2.26. The van der Waals surface area contributed by atoms with Crippen molar-refractivity contribution in [2.45, 2.75) is 19.5 Å². The van der Waals surface area contributed by atoms with Crippen molar-refractivity contribution in [1.29, 1.82) is 0 Å². The van der Waals surface area contributed by atoms with Gasteiger partial charge in [0.2, 0.25) is 0 Å². The zero-order valence-corrected chi connectivity index (χ0v) is 9.80. The van der Waals surface area contributed by atoms with Crippen LogP contribution in [0.5, 0.6) is 0 Å². The third-order valence-electron chi connectivity index (χ3n) is 2.49. The summed E-state index contributed by atoms with van der Waals surface area (Å²) in [6, 6.07) is 7.06. The van der Waals surface area contributed by atoms with Crippen molar-refractivity contribution in [3.05, 3.63) is 29.8 Å². The number of nitrogens with two attached hydrogens (primary N) is 1. The third kappa shape index (κ3) is 4.65. The van der Waals surface area contributed by atoms with Crippen LogP contribution in [0.3, 0.4) is 0 Å². The molecule has 0 aromatic heterocycles. The number of benzene rings is 1. The van der Waals surface area contributed by atoms with Crippen LogP contribution in [0.25, 0.3) is 0 Å².